The Morgan fingerprint density at radius 1 is 1.38 bits per heavy atom. The van der Waals surface area contributed by atoms with Crippen LogP contribution in [0.2, 0.25) is 0 Å². The summed E-state index contributed by atoms with van der Waals surface area (Å²) in [4.78, 5) is 12.2. The predicted octanol–water partition coefficient (Wildman–Crippen LogP) is 1.55. The fraction of sp³-hybridized carbons (Fsp3) is 0.417. The summed E-state index contributed by atoms with van der Waals surface area (Å²) in [5, 5.41) is 11.9. The summed E-state index contributed by atoms with van der Waals surface area (Å²) in [6.07, 6.45) is 1.61. The molecule has 0 spiro atoms. The minimum Gasteiger partial charge on any atom is -0.392 e. The van der Waals surface area contributed by atoms with Crippen molar-refractivity contribution in [2.24, 2.45) is 0 Å². The van der Waals surface area contributed by atoms with Crippen molar-refractivity contribution in [3.8, 4) is 0 Å². The summed E-state index contributed by atoms with van der Waals surface area (Å²) in [6.45, 7) is 0.0869. The zero-order chi connectivity index (χ0) is 11.4. The van der Waals surface area contributed by atoms with Crippen molar-refractivity contribution in [3.63, 3.8) is 0 Å². The molecule has 1 aliphatic heterocycles. The zero-order valence-electron chi connectivity index (χ0n) is 8.98. The number of hydrogen-bond acceptors (Lipinski definition) is 3. The zero-order valence-corrected chi connectivity index (χ0v) is 9.80. The number of carbonyl (C=O) groups excluding carboxylic acids is 1. The van der Waals surface area contributed by atoms with Crippen molar-refractivity contribution < 1.29 is 9.90 Å². The average molecular weight is 237 g/mol. The van der Waals surface area contributed by atoms with Gasteiger partial charge < -0.3 is 10.4 Å². The lowest BCUT2D eigenvalue weighted by Gasteiger charge is -2.09. The number of aliphatic hydroxyl groups excluding tert-OH is 1. The number of rotatable bonds is 4. The topological polar surface area (TPSA) is 49.3 Å². The lowest BCUT2D eigenvalue weighted by atomic mass is 10.2. The SMILES string of the molecule is O=C1CCC(CSc2ccc(CO)cc2)N1. The van der Waals surface area contributed by atoms with Crippen LogP contribution in [0.1, 0.15) is 18.4 Å². The van der Waals surface area contributed by atoms with E-state index in [1.807, 2.05) is 24.3 Å². The van der Waals surface area contributed by atoms with E-state index in [4.69, 9.17) is 5.11 Å². The number of aliphatic hydroxyl groups is 1. The molecule has 1 aromatic rings. The van der Waals surface area contributed by atoms with Gasteiger partial charge >= 0.3 is 0 Å². The van der Waals surface area contributed by atoms with Crippen LogP contribution in [0.25, 0.3) is 0 Å². The molecule has 16 heavy (non-hydrogen) atoms. The molecule has 0 saturated carbocycles. The third-order valence-corrected chi connectivity index (χ3v) is 3.82. The molecule has 1 saturated heterocycles. The number of hydrogen-bond donors (Lipinski definition) is 2. The number of amides is 1. The smallest absolute Gasteiger partial charge is 0.220 e. The number of nitrogens with one attached hydrogen (secondary N) is 1. The van der Waals surface area contributed by atoms with E-state index >= 15 is 0 Å². The first kappa shape index (κ1) is 11.5. The molecular formula is C12H15NO2S. The van der Waals surface area contributed by atoms with E-state index in [0.29, 0.717) is 12.5 Å². The third-order valence-electron chi connectivity index (χ3n) is 2.64. The molecule has 3 nitrogen and oxygen atoms in total. The summed E-state index contributed by atoms with van der Waals surface area (Å²) < 4.78 is 0. The Morgan fingerprint density at radius 2 is 2.12 bits per heavy atom. The van der Waals surface area contributed by atoms with E-state index < -0.39 is 0 Å². The Kier molecular flexibility index (Phi) is 3.85. The van der Waals surface area contributed by atoms with E-state index in [2.05, 4.69) is 5.32 Å². The molecule has 1 amide bonds. The Hall–Kier alpha value is -1.00. The summed E-state index contributed by atoms with van der Waals surface area (Å²) in [7, 11) is 0. The Bertz CT molecular complexity index is 364. The highest BCUT2D eigenvalue weighted by atomic mass is 32.2. The standard InChI is InChI=1S/C12H15NO2S/c14-7-9-1-4-11(5-2-9)16-8-10-3-6-12(15)13-10/h1-2,4-5,10,14H,3,6-8H2,(H,13,15). The van der Waals surface area contributed by atoms with Gasteiger partial charge in [0, 0.05) is 23.1 Å². The molecule has 2 N–H and O–H groups in total. The van der Waals surface area contributed by atoms with Crippen LogP contribution in [-0.2, 0) is 11.4 Å². The molecule has 0 aromatic heterocycles. The minimum atomic E-state index is 0.0869. The predicted molar refractivity (Wildman–Crippen MR) is 64.3 cm³/mol. The van der Waals surface area contributed by atoms with Gasteiger partial charge in [0.2, 0.25) is 5.91 Å². The van der Waals surface area contributed by atoms with Gasteiger partial charge in [0.05, 0.1) is 6.61 Å². The van der Waals surface area contributed by atoms with Crippen LogP contribution in [0.4, 0.5) is 0 Å². The highest BCUT2D eigenvalue weighted by Crippen LogP contribution is 2.22. The van der Waals surface area contributed by atoms with Gasteiger partial charge in [-0.05, 0) is 24.1 Å². The number of benzene rings is 1. The number of carbonyl (C=O) groups is 1. The lowest BCUT2D eigenvalue weighted by molar-refractivity contribution is -0.119. The molecule has 1 unspecified atom stereocenters. The first-order valence-electron chi connectivity index (χ1n) is 5.40. The molecule has 1 heterocycles. The molecule has 1 aromatic carbocycles. The van der Waals surface area contributed by atoms with Crippen molar-refractivity contribution in [2.75, 3.05) is 5.75 Å². The second kappa shape index (κ2) is 5.37. The highest BCUT2D eigenvalue weighted by Gasteiger charge is 2.20. The van der Waals surface area contributed by atoms with Crippen LogP contribution in [0.5, 0.6) is 0 Å². The van der Waals surface area contributed by atoms with Crippen LogP contribution >= 0.6 is 11.8 Å². The van der Waals surface area contributed by atoms with Gasteiger partial charge in [-0.2, -0.15) is 0 Å². The minimum absolute atomic E-state index is 0.0869. The van der Waals surface area contributed by atoms with Gasteiger partial charge in [-0.3, -0.25) is 4.79 Å². The summed E-state index contributed by atoms with van der Waals surface area (Å²) in [6, 6.07) is 8.18. The van der Waals surface area contributed by atoms with Crippen molar-refractivity contribution in [3.05, 3.63) is 29.8 Å². The Labute approximate surface area is 99.2 Å². The van der Waals surface area contributed by atoms with Gasteiger partial charge in [0.1, 0.15) is 0 Å². The van der Waals surface area contributed by atoms with Gasteiger partial charge in [0.25, 0.3) is 0 Å². The van der Waals surface area contributed by atoms with Crippen LogP contribution in [-0.4, -0.2) is 22.8 Å². The van der Waals surface area contributed by atoms with Gasteiger partial charge in [-0.25, -0.2) is 0 Å². The van der Waals surface area contributed by atoms with Crippen LogP contribution < -0.4 is 5.32 Å². The maximum atomic E-state index is 11.0. The van der Waals surface area contributed by atoms with Crippen LogP contribution in [0.15, 0.2) is 29.2 Å². The van der Waals surface area contributed by atoms with E-state index in [1.165, 1.54) is 4.90 Å². The van der Waals surface area contributed by atoms with E-state index in [0.717, 1.165) is 17.7 Å². The second-order valence-corrected chi connectivity index (χ2v) is 5.01. The van der Waals surface area contributed by atoms with Gasteiger partial charge in [0.15, 0.2) is 0 Å². The largest absolute Gasteiger partial charge is 0.392 e. The molecule has 1 fully saturated rings. The van der Waals surface area contributed by atoms with Crippen LogP contribution in [0, 0.1) is 0 Å². The summed E-state index contributed by atoms with van der Waals surface area (Å²) >= 11 is 1.74. The molecule has 2 rings (SSSR count). The molecule has 0 bridgehead atoms. The lowest BCUT2D eigenvalue weighted by Crippen LogP contribution is -2.27. The number of thioether (sulfide) groups is 1. The molecule has 1 aliphatic rings. The monoisotopic (exact) mass is 237 g/mol. The van der Waals surface area contributed by atoms with Crippen LogP contribution in [0.3, 0.4) is 0 Å². The van der Waals surface area contributed by atoms with Crippen molar-refractivity contribution in [1.82, 2.24) is 5.32 Å². The van der Waals surface area contributed by atoms with Crippen molar-refractivity contribution >= 4 is 17.7 Å². The quantitative estimate of drug-likeness (QED) is 0.781. The summed E-state index contributed by atoms with van der Waals surface area (Å²) in [5.41, 5.74) is 0.929. The third kappa shape index (κ3) is 3.00. The molecule has 1 atom stereocenters. The van der Waals surface area contributed by atoms with Crippen molar-refractivity contribution in [2.45, 2.75) is 30.4 Å². The molecular weight excluding hydrogens is 222 g/mol. The van der Waals surface area contributed by atoms with Gasteiger partial charge in [-0.15, -0.1) is 11.8 Å². The normalized spacial score (nSPS) is 19.8. The molecule has 0 aliphatic carbocycles. The van der Waals surface area contributed by atoms with Gasteiger partial charge in [-0.1, -0.05) is 12.1 Å². The average Bonchev–Trinajstić information content (AvgIpc) is 2.73. The fourth-order valence-electron chi connectivity index (χ4n) is 1.69. The first-order valence-corrected chi connectivity index (χ1v) is 6.38. The Balaban J connectivity index is 1.82. The second-order valence-electron chi connectivity index (χ2n) is 3.92. The Morgan fingerprint density at radius 3 is 2.69 bits per heavy atom. The summed E-state index contributed by atoms with van der Waals surface area (Å²) in [5.74, 6) is 1.09. The molecule has 4 heteroatoms. The molecule has 86 valence electrons. The van der Waals surface area contributed by atoms with Crippen molar-refractivity contribution in [1.29, 1.82) is 0 Å². The molecule has 0 radical (unpaired) electrons. The van der Waals surface area contributed by atoms with E-state index in [9.17, 15) is 4.79 Å². The maximum Gasteiger partial charge on any atom is 0.220 e. The fourth-order valence-corrected chi connectivity index (χ4v) is 2.66. The highest BCUT2D eigenvalue weighted by molar-refractivity contribution is 7.99. The maximum absolute atomic E-state index is 11.0. The van der Waals surface area contributed by atoms with E-state index in [1.54, 1.807) is 11.8 Å². The van der Waals surface area contributed by atoms with E-state index in [-0.39, 0.29) is 12.5 Å². The first-order chi connectivity index (χ1) is 7.78.